The van der Waals surface area contributed by atoms with Crippen LogP contribution in [0.3, 0.4) is 0 Å². The van der Waals surface area contributed by atoms with Crippen LogP contribution in [-0.2, 0) is 16.1 Å². The largest absolute Gasteiger partial charge is 0.468 e. The number of carbonyl (C=O) groups is 1. The third-order valence-electron chi connectivity index (χ3n) is 2.25. The molecule has 1 aromatic heterocycles. The molecule has 0 aromatic carbocycles. The van der Waals surface area contributed by atoms with Gasteiger partial charge in [-0.3, -0.25) is 10.1 Å². The molecule has 1 unspecified atom stereocenters. The van der Waals surface area contributed by atoms with Crippen LogP contribution in [0.4, 0.5) is 0 Å². The standard InChI is InChI=1S/C11H16BrNO2S/c1-7(2)10(11(14)15-3)13-6-8-4-5-9(12)16-8/h4-5,7,10,13H,6H2,1-3H3. The maximum atomic E-state index is 11.5. The van der Waals surface area contributed by atoms with Gasteiger partial charge in [0.2, 0.25) is 0 Å². The second-order valence-corrected chi connectivity index (χ2v) is 6.38. The van der Waals surface area contributed by atoms with E-state index in [0.717, 1.165) is 3.79 Å². The van der Waals surface area contributed by atoms with E-state index in [0.29, 0.717) is 6.54 Å². The third kappa shape index (κ3) is 3.88. The van der Waals surface area contributed by atoms with Gasteiger partial charge in [0.15, 0.2) is 0 Å². The van der Waals surface area contributed by atoms with Gasteiger partial charge in [0.25, 0.3) is 0 Å². The van der Waals surface area contributed by atoms with E-state index in [-0.39, 0.29) is 17.9 Å². The summed E-state index contributed by atoms with van der Waals surface area (Å²) in [5.74, 6) is 0.0153. The molecule has 0 saturated carbocycles. The molecule has 1 aromatic rings. The van der Waals surface area contributed by atoms with Gasteiger partial charge in [-0.2, -0.15) is 0 Å². The minimum Gasteiger partial charge on any atom is -0.468 e. The first-order valence-corrected chi connectivity index (χ1v) is 6.71. The molecule has 1 atom stereocenters. The molecule has 0 amide bonds. The second kappa shape index (κ2) is 6.37. The summed E-state index contributed by atoms with van der Waals surface area (Å²) in [6, 6.07) is 3.80. The van der Waals surface area contributed by atoms with Crippen LogP contribution in [0.5, 0.6) is 0 Å². The number of hydrogen-bond donors (Lipinski definition) is 1. The molecule has 0 radical (unpaired) electrons. The van der Waals surface area contributed by atoms with E-state index in [2.05, 4.69) is 21.2 Å². The number of rotatable bonds is 5. The summed E-state index contributed by atoms with van der Waals surface area (Å²) in [7, 11) is 1.42. The first-order chi connectivity index (χ1) is 7.54. The summed E-state index contributed by atoms with van der Waals surface area (Å²) in [5.41, 5.74) is 0. The molecule has 0 aliphatic rings. The smallest absolute Gasteiger partial charge is 0.323 e. The highest BCUT2D eigenvalue weighted by Gasteiger charge is 2.22. The fraction of sp³-hybridized carbons (Fsp3) is 0.545. The van der Waals surface area contributed by atoms with Gasteiger partial charge in [-0.05, 0) is 34.0 Å². The summed E-state index contributed by atoms with van der Waals surface area (Å²) in [6.07, 6.45) is 0. The Bertz CT molecular complexity index is 352. The SMILES string of the molecule is COC(=O)C(NCc1ccc(Br)s1)C(C)C. The quantitative estimate of drug-likeness (QED) is 0.850. The lowest BCUT2D eigenvalue weighted by atomic mass is 10.0. The third-order valence-corrected chi connectivity index (χ3v) is 3.87. The van der Waals surface area contributed by atoms with Crippen LogP contribution in [0.15, 0.2) is 15.9 Å². The summed E-state index contributed by atoms with van der Waals surface area (Å²) >= 11 is 5.07. The van der Waals surface area contributed by atoms with Crippen molar-refractivity contribution in [2.24, 2.45) is 5.92 Å². The van der Waals surface area contributed by atoms with Crippen molar-refractivity contribution in [1.29, 1.82) is 0 Å². The van der Waals surface area contributed by atoms with Crippen LogP contribution in [0.2, 0.25) is 0 Å². The lowest BCUT2D eigenvalue weighted by molar-refractivity contribution is -0.144. The molecule has 3 nitrogen and oxygen atoms in total. The van der Waals surface area contributed by atoms with Crippen LogP contribution in [0.25, 0.3) is 0 Å². The van der Waals surface area contributed by atoms with Gasteiger partial charge in [0.05, 0.1) is 10.9 Å². The summed E-state index contributed by atoms with van der Waals surface area (Å²) in [4.78, 5) is 12.7. The van der Waals surface area contributed by atoms with Gasteiger partial charge >= 0.3 is 5.97 Å². The number of carbonyl (C=O) groups excluding carboxylic acids is 1. The Hall–Kier alpha value is -0.390. The molecule has 16 heavy (non-hydrogen) atoms. The Morgan fingerprint density at radius 1 is 1.56 bits per heavy atom. The molecule has 1 heterocycles. The van der Waals surface area contributed by atoms with Crippen molar-refractivity contribution in [3.63, 3.8) is 0 Å². The van der Waals surface area contributed by atoms with Crippen molar-refractivity contribution in [1.82, 2.24) is 5.32 Å². The molecule has 0 aliphatic carbocycles. The van der Waals surface area contributed by atoms with Gasteiger partial charge in [-0.1, -0.05) is 13.8 Å². The van der Waals surface area contributed by atoms with Crippen LogP contribution >= 0.6 is 27.3 Å². The molecule has 0 fully saturated rings. The van der Waals surface area contributed by atoms with E-state index in [4.69, 9.17) is 4.74 Å². The van der Waals surface area contributed by atoms with E-state index in [1.165, 1.54) is 12.0 Å². The van der Waals surface area contributed by atoms with Crippen LogP contribution in [0.1, 0.15) is 18.7 Å². The molecule has 0 aliphatic heterocycles. The highest BCUT2D eigenvalue weighted by molar-refractivity contribution is 9.11. The molecule has 1 rings (SSSR count). The Morgan fingerprint density at radius 2 is 2.25 bits per heavy atom. The van der Waals surface area contributed by atoms with Gasteiger partial charge in [-0.15, -0.1) is 11.3 Å². The van der Waals surface area contributed by atoms with E-state index in [9.17, 15) is 4.79 Å². The average Bonchev–Trinajstić information content (AvgIpc) is 2.63. The number of esters is 1. The normalized spacial score (nSPS) is 12.8. The number of thiophene rings is 1. The number of nitrogens with one attached hydrogen (secondary N) is 1. The molecule has 0 saturated heterocycles. The van der Waals surface area contributed by atoms with Crippen molar-refractivity contribution >= 4 is 33.2 Å². The Kier molecular flexibility index (Phi) is 5.44. The van der Waals surface area contributed by atoms with Crippen molar-refractivity contribution < 1.29 is 9.53 Å². The maximum Gasteiger partial charge on any atom is 0.323 e. The molecule has 0 bridgehead atoms. The predicted octanol–water partition coefficient (Wildman–Crippen LogP) is 2.80. The number of methoxy groups -OCH3 is 1. The first kappa shape index (κ1) is 13.7. The molecule has 0 spiro atoms. The van der Waals surface area contributed by atoms with Gasteiger partial charge in [0.1, 0.15) is 6.04 Å². The second-order valence-electron chi connectivity index (χ2n) is 3.83. The molecule has 1 N–H and O–H groups in total. The zero-order chi connectivity index (χ0) is 12.1. The summed E-state index contributed by atoms with van der Waals surface area (Å²) < 4.78 is 5.86. The predicted molar refractivity (Wildman–Crippen MR) is 69.5 cm³/mol. The maximum absolute atomic E-state index is 11.5. The Labute approximate surface area is 108 Å². The van der Waals surface area contributed by atoms with Gasteiger partial charge in [0, 0.05) is 11.4 Å². The molecule has 5 heteroatoms. The summed E-state index contributed by atoms with van der Waals surface area (Å²) in [6.45, 7) is 4.69. The van der Waals surface area contributed by atoms with Crippen molar-refractivity contribution in [3.05, 3.63) is 20.8 Å². The molecule has 90 valence electrons. The fourth-order valence-corrected chi connectivity index (χ4v) is 2.81. The number of ether oxygens (including phenoxy) is 1. The lowest BCUT2D eigenvalue weighted by Crippen LogP contribution is -2.41. The monoisotopic (exact) mass is 305 g/mol. The molecular formula is C11H16BrNO2S. The van der Waals surface area contributed by atoms with Crippen molar-refractivity contribution in [2.45, 2.75) is 26.4 Å². The highest BCUT2D eigenvalue weighted by Crippen LogP contribution is 2.22. The lowest BCUT2D eigenvalue weighted by Gasteiger charge is -2.19. The average molecular weight is 306 g/mol. The molecular weight excluding hydrogens is 290 g/mol. The van der Waals surface area contributed by atoms with Crippen molar-refractivity contribution in [2.75, 3.05) is 7.11 Å². The Morgan fingerprint density at radius 3 is 2.69 bits per heavy atom. The minimum absolute atomic E-state index is 0.203. The van der Waals surface area contributed by atoms with Crippen LogP contribution in [-0.4, -0.2) is 19.1 Å². The van der Waals surface area contributed by atoms with E-state index < -0.39 is 0 Å². The fourth-order valence-electron chi connectivity index (χ4n) is 1.38. The van der Waals surface area contributed by atoms with Crippen LogP contribution in [0, 0.1) is 5.92 Å². The highest BCUT2D eigenvalue weighted by atomic mass is 79.9. The zero-order valence-corrected chi connectivity index (χ0v) is 12.0. The topological polar surface area (TPSA) is 38.3 Å². The van der Waals surface area contributed by atoms with Crippen molar-refractivity contribution in [3.8, 4) is 0 Å². The summed E-state index contributed by atoms with van der Waals surface area (Å²) in [5, 5.41) is 3.21. The van der Waals surface area contributed by atoms with E-state index in [1.807, 2.05) is 26.0 Å². The Balaban J connectivity index is 2.53. The zero-order valence-electron chi connectivity index (χ0n) is 9.62. The minimum atomic E-state index is -0.245. The van der Waals surface area contributed by atoms with E-state index in [1.54, 1.807) is 11.3 Å². The van der Waals surface area contributed by atoms with Gasteiger partial charge < -0.3 is 4.74 Å². The van der Waals surface area contributed by atoms with Crippen LogP contribution < -0.4 is 5.32 Å². The number of halogens is 1. The van der Waals surface area contributed by atoms with E-state index >= 15 is 0 Å². The van der Waals surface area contributed by atoms with Gasteiger partial charge in [-0.25, -0.2) is 0 Å². The first-order valence-electron chi connectivity index (χ1n) is 5.10. The number of hydrogen-bond acceptors (Lipinski definition) is 4.